The highest BCUT2D eigenvalue weighted by molar-refractivity contribution is 5.93. The van der Waals surface area contributed by atoms with Crippen molar-refractivity contribution in [2.45, 2.75) is 26.8 Å². The first-order valence-corrected chi connectivity index (χ1v) is 6.50. The van der Waals surface area contributed by atoms with E-state index in [9.17, 15) is 4.79 Å². The minimum atomic E-state index is -0.445. The Morgan fingerprint density at radius 3 is 2.85 bits per heavy atom. The van der Waals surface area contributed by atoms with Gasteiger partial charge in [-0.05, 0) is 13.8 Å². The standard InChI is InChI=1S/C13H19N5O2/c1-4-18-12(11(14)9(2)16-18)13(19)20-8-5-10-15-6-7-17(10)3/h6-7H,4-5,8,14H2,1-3H3. The van der Waals surface area contributed by atoms with Crippen LogP contribution in [0.3, 0.4) is 0 Å². The molecule has 0 saturated carbocycles. The molecule has 0 aromatic carbocycles. The van der Waals surface area contributed by atoms with E-state index in [2.05, 4.69) is 10.1 Å². The number of nitrogen functional groups attached to an aromatic ring is 1. The number of aromatic nitrogens is 4. The smallest absolute Gasteiger partial charge is 0.358 e. The normalized spacial score (nSPS) is 10.8. The summed E-state index contributed by atoms with van der Waals surface area (Å²) >= 11 is 0. The molecule has 2 aromatic rings. The van der Waals surface area contributed by atoms with Crippen LogP contribution in [0.25, 0.3) is 0 Å². The summed E-state index contributed by atoms with van der Waals surface area (Å²) in [5.74, 6) is 0.421. The molecule has 0 bridgehead atoms. The first-order chi connectivity index (χ1) is 9.54. The van der Waals surface area contributed by atoms with Gasteiger partial charge in [-0.25, -0.2) is 9.78 Å². The Morgan fingerprint density at radius 2 is 2.25 bits per heavy atom. The van der Waals surface area contributed by atoms with Gasteiger partial charge in [0.25, 0.3) is 0 Å². The Morgan fingerprint density at radius 1 is 1.50 bits per heavy atom. The van der Waals surface area contributed by atoms with E-state index in [1.54, 1.807) is 17.8 Å². The van der Waals surface area contributed by atoms with Gasteiger partial charge in [-0.15, -0.1) is 0 Å². The fourth-order valence-electron chi connectivity index (χ4n) is 1.98. The Kier molecular flexibility index (Phi) is 4.07. The molecule has 2 N–H and O–H groups in total. The lowest BCUT2D eigenvalue weighted by atomic mass is 10.3. The van der Waals surface area contributed by atoms with Gasteiger partial charge in [-0.1, -0.05) is 0 Å². The number of imidazole rings is 1. The summed E-state index contributed by atoms with van der Waals surface area (Å²) in [5.41, 5.74) is 7.22. The average Bonchev–Trinajstić information content (AvgIpc) is 2.95. The van der Waals surface area contributed by atoms with E-state index in [0.717, 1.165) is 5.82 Å². The van der Waals surface area contributed by atoms with Crippen LogP contribution < -0.4 is 5.73 Å². The largest absolute Gasteiger partial charge is 0.460 e. The molecule has 0 amide bonds. The second-order valence-corrected chi connectivity index (χ2v) is 4.50. The predicted molar refractivity (Wildman–Crippen MR) is 74.2 cm³/mol. The molecule has 0 atom stereocenters. The topological polar surface area (TPSA) is 88.0 Å². The molecule has 2 heterocycles. The maximum atomic E-state index is 12.1. The van der Waals surface area contributed by atoms with E-state index >= 15 is 0 Å². The number of ether oxygens (including phenoxy) is 1. The van der Waals surface area contributed by atoms with Crippen molar-refractivity contribution in [1.29, 1.82) is 0 Å². The Balaban J connectivity index is 2.00. The van der Waals surface area contributed by atoms with E-state index in [1.807, 2.05) is 24.7 Å². The highest BCUT2D eigenvalue weighted by Crippen LogP contribution is 2.17. The summed E-state index contributed by atoms with van der Waals surface area (Å²) in [6, 6.07) is 0. The summed E-state index contributed by atoms with van der Waals surface area (Å²) in [6.45, 7) is 4.50. The van der Waals surface area contributed by atoms with Gasteiger partial charge in [0, 0.05) is 32.4 Å². The summed E-state index contributed by atoms with van der Waals surface area (Å²) in [7, 11) is 1.90. The molecular weight excluding hydrogens is 258 g/mol. The van der Waals surface area contributed by atoms with Crippen LogP contribution in [0.2, 0.25) is 0 Å². The highest BCUT2D eigenvalue weighted by Gasteiger charge is 2.20. The van der Waals surface area contributed by atoms with E-state index in [4.69, 9.17) is 10.5 Å². The predicted octanol–water partition coefficient (Wildman–Crippen LogP) is 0.927. The first-order valence-electron chi connectivity index (χ1n) is 6.50. The van der Waals surface area contributed by atoms with Gasteiger partial charge < -0.3 is 15.0 Å². The number of carbonyl (C=O) groups is 1. The van der Waals surface area contributed by atoms with Gasteiger partial charge in [-0.2, -0.15) is 5.10 Å². The molecule has 0 aliphatic carbocycles. The molecule has 7 heteroatoms. The summed E-state index contributed by atoms with van der Waals surface area (Å²) in [5, 5.41) is 4.20. The molecule has 0 fully saturated rings. The maximum Gasteiger partial charge on any atom is 0.358 e. The van der Waals surface area contributed by atoms with Gasteiger partial charge in [-0.3, -0.25) is 4.68 Å². The number of anilines is 1. The molecule has 20 heavy (non-hydrogen) atoms. The van der Waals surface area contributed by atoms with Crippen molar-refractivity contribution in [2.24, 2.45) is 7.05 Å². The van der Waals surface area contributed by atoms with Crippen LogP contribution in [0, 0.1) is 6.92 Å². The minimum absolute atomic E-state index is 0.261. The molecule has 0 unspecified atom stereocenters. The van der Waals surface area contributed by atoms with Crippen molar-refractivity contribution >= 4 is 11.7 Å². The van der Waals surface area contributed by atoms with Crippen molar-refractivity contribution < 1.29 is 9.53 Å². The van der Waals surface area contributed by atoms with Crippen LogP contribution in [0.4, 0.5) is 5.69 Å². The van der Waals surface area contributed by atoms with Gasteiger partial charge in [0.2, 0.25) is 0 Å². The van der Waals surface area contributed by atoms with E-state index < -0.39 is 5.97 Å². The van der Waals surface area contributed by atoms with E-state index in [1.165, 1.54) is 0 Å². The fraction of sp³-hybridized carbons (Fsp3) is 0.462. The van der Waals surface area contributed by atoms with Crippen LogP contribution in [0.1, 0.15) is 28.9 Å². The SMILES string of the molecule is CCn1nc(C)c(N)c1C(=O)OCCc1nccn1C. The molecule has 0 aliphatic heterocycles. The lowest BCUT2D eigenvalue weighted by Gasteiger charge is -2.07. The Labute approximate surface area is 117 Å². The van der Waals surface area contributed by atoms with Gasteiger partial charge >= 0.3 is 5.97 Å². The number of nitrogens with zero attached hydrogens (tertiary/aromatic N) is 4. The second-order valence-electron chi connectivity index (χ2n) is 4.50. The molecule has 0 radical (unpaired) electrons. The molecule has 7 nitrogen and oxygen atoms in total. The lowest BCUT2D eigenvalue weighted by molar-refractivity contribution is 0.0494. The van der Waals surface area contributed by atoms with Crippen LogP contribution in [0.5, 0.6) is 0 Å². The monoisotopic (exact) mass is 277 g/mol. The summed E-state index contributed by atoms with van der Waals surface area (Å²) < 4.78 is 8.71. The van der Waals surface area contributed by atoms with Gasteiger partial charge in [0.1, 0.15) is 5.82 Å². The summed E-state index contributed by atoms with van der Waals surface area (Å²) in [6.07, 6.45) is 4.13. The Bertz CT molecular complexity index is 614. The van der Waals surface area contributed by atoms with Crippen LogP contribution in [-0.4, -0.2) is 31.9 Å². The van der Waals surface area contributed by atoms with Crippen molar-refractivity contribution in [1.82, 2.24) is 19.3 Å². The fourth-order valence-corrected chi connectivity index (χ4v) is 1.98. The molecular formula is C13H19N5O2. The molecule has 2 aromatic heterocycles. The Hall–Kier alpha value is -2.31. The molecule has 0 saturated heterocycles. The van der Waals surface area contributed by atoms with Crippen LogP contribution >= 0.6 is 0 Å². The maximum absolute atomic E-state index is 12.1. The molecule has 0 spiro atoms. The highest BCUT2D eigenvalue weighted by atomic mass is 16.5. The van der Waals surface area contributed by atoms with Crippen LogP contribution in [0.15, 0.2) is 12.4 Å². The summed E-state index contributed by atoms with van der Waals surface area (Å²) in [4.78, 5) is 16.3. The van der Waals surface area contributed by atoms with Crippen LogP contribution in [-0.2, 0) is 24.8 Å². The van der Waals surface area contributed by atoms with Crippen molar-refractivity contribution in [3.63, 3.8) is 0 Å². The zero-order chi connectivity index (χ0) is 14.7. The number of aryl methyl sites for hydroxylation is 3. The minimum Gasteiger partial charge on any atom is -0.460 e. The quantitative estimate of drug-likeness (QED) is 0.821. The average molecular weight is 277 g/mol. The number of nitrogens with two attached hydrogens (primary N) is 1. The van der Waals surface area contributed by atoms with E-state index in [0.29, 0.717) is 30.0 Å². The number of hydrogen-bond acceptors (Lipinski definition) is 5. The molecule has 108 valence electrons. The number of esters is 1. The zero-order valence-electron chi connectivity index (χ0n) is 12.0. The van der Waals surface area contributed by atoms with Gasteiger partial charge in [0.05, 0.1) is 18.0 Å². The van der Waals surface area contributed by atoms with Gasteiger partial charge in [0.15, 0.2) is 5.69 Å². The third-order valence-corrected chi connectivity index (χ3v) is 3.15. The van der Waals surface area contributed by atoms with Crippen molar-refractivity contribution in [3.8, 4) is 0 Å². The first kappa shape index (κ1) is 14.1. The third kappa shape index (κ3) is 2.66. The third-order valence-electron chi connectivity index (χ3n) is 3.15. The van der Waals surface area contributed by atoms with E-state index in [-0.39, 0.29) is 6.61 Å². The van der Waals surface area contributed by atoms with Crippen molar-refractivity contribution in [2.75, 3.05) is 12.3 Å². The number of hydrogen-bond donors (Lipinski definition) is 1. The lowest BCUT2D eigenvalue weighted by Crippen LogP contribution is -2.16. The second kappa shape index (κ2) is 5.77. The number of carbonyl (C=O) groups excluding carboxylic acids is 1. The number of rotatable bonds is 5. The molecule has 2 rings (SSSR count). The molecule has 0 aliphatic rings. The van der Waals surface area contributed by atoms with Crippen molar-refractivity contribution in [3.05, 3.63) is 29.6 Å². The zero-order valence-corrected chi connectivity index (χ0v) is 12.0.